The molecule has 160 valence electrons. The number of nitrogens with one attached hydrogen (secondary N) is 1. The maximum Gasteiger partial charge on any atom is 0.161 e. The van der Waals surface area contributed by atoms with E-state index in [2.05, 4.69) is 84.2 Å². The summed E-state index contributed by atoms with van der Waals surface area (Å²) in [5.41, 5.74) is 6.29. The van der Waals surface area contributed by atoms with Gasteiger partial charge in [0.05, 0.1) is 14.2 Å². The zero-order valence-corrected chi connectivity index (χ0v) is 19.0. The predicted octanol–water partition coefficient (Wildman–Crippen LogP) is 6.96. The van der Waals surface area contributed by atoms with Crippen molar-refractivity contribution in [1.29, 1.82) is 0 Å². The SMILES string of the molecule is COc1ccc(CNc2ccc(C3c4ccccc4Sc4ccccc43)cc2)cc1OC. The van der Waals surface area contributed by atoms with E-state index in [-0.39, 0.29) is 5.92 Å². The lowest BCUT2D eigenvalue weighted by Gasteiger charge is -2.28. The minimum atomic E-state index is 0.253. The molecule has 1 heterocycles. The van der Waals surface area contributed by atoms with Gasteiger partial charge in [0, 0.05) is 27.9 Å². The molecule has 0 amide bonds. The average Bonchev–Trinajstić information content (AvgIpc) is 2.86. The fraction of sp³-hybridized carbons (Fsp3) is 0.143. The molecule has 0 aliphatic carbocycles. The summed E-state index contributed by atoms with van der Waals surface area (Å²) in [7, 11) is 3.31. The highest BCUT2D eigenvalue weighted by molar-refractivity contribution is 7.99. The lowest BCUT2D eigenvalue weighted by atomic mass is 9.84. The summed E-state index contributed by atoms with van der Waals surface area (Å²) < 4.78 is 10.7. The summed E-state index contributed by atoms with van der Waals surface area (Å²) in [6.07, 6.45) is 0. The van der Waals surface area contributed by atoms with Crippen molar-refractivity contribution < 1.29 is 9.47 Å². The van der Waals surface area contributed by atoms with E-state index in [0.717, 1.165) is 22.7 Å². The van der Waals surface area contributed by atoms with E-state index < -0.39 is 0 Å². The van der Waals surface area contributed by atoms with Crippen molar-refractivity contribution in [2.75, 3.05) is 19.5 Å². The Kier molecular flexibility index (Phi) is 5.78. The molecule has 1 aliphatic heterocycles. The van der Waals surface area contributed by atoms with E-state index in [0.29, 0.717) is 6.54 Å². The van der Waals surface area contributed by atoms with Crippen LogP contribution in [0.15, 0.2) is 101 Å². The van der Waals surface area contributed by atoms with Crippen molar-refractivity contribution in [2.24, 2.45) is 0 Å². The van der Waals surface area contributed by atoms with Gasteiger partial charge in [-0.3, -0.25) is 0 Å². The van der Waals surface area contributed by atoms with E-state index in [4.69, 9.17) is 9.47 Å². The molecular weight excluding hydrogens is 414 g/mol. The number of ether oxygens (including phenoxy) is 2. The number of anilines is 1. The first-order valence-corrected chi connectivity index (χ1v) is 11.5. The molecule has 3 nitrogen and oxygen atoms in total. The first-order chi connectivity index (χ1) is 15.8. The fourth-order valence-corrected chi connectivity index (χ4v) is 5.39. The van der Waals surface area contributed by atoms with Crippen LogP contribution in [0.4, 0.5) is 5.69 Å². The lowest BCUT2D eigenvalue weighted by molar-refractivity contribution is 0.354. The minimum Gasteiger partial charge on any atom is -0.493 e. The molecule has 0 atom stereocenters. The van der Waals surface area contributed by atoms with Crippen LogP contribution in [0.2, 0.25) is 0 Å². The second-order valence-electron chi connectivity index (χ2n) is 7.78. The van der Waals surface area contributed by atoms with E-state index in [9.17, 15) is 0 Å². The quantitative estimate of drug-likeness (QED) is 0.310. The third-order valence-corrected chi connectivity index (χ3v) is 7.05. The normalized spacial score (nSPS) is 12.6. The van der Waals surface area contributed by atoms with E-state index in [1.54, 1.807) is 14.2 Å². The number of hydrogen-bond donors (Lipinski definition) is 1. The van der Waals surface area contributed by atoms with E-state index >= 15 is 0 Å². The Morgan fingerprint density at radius 3 is 1.97 bits per heavy atom. The average molecular weight is 440 g/mol. The Bertz CT molecular complexity index is 1190. The molecule has 4 heteroatoms. The Balaban J connectivity index is 1.38. The molecule has 0 bridgehead atoms. The van der Waals surface area contributed by atoms with Crippen LogP contribution in [0.1, 0.15) is 28.2 Å². The Hall–Kier alpha value is -3.37. The molecule has 0 saturated carbocycles. The number of hydrogen-bond acceptors (Lipinski definition) is 4. The number of methoxy groups -OCH3 is 2. The van der Waals surface area contributed by atoms with Crippen LogP contribution in [-0.4, -0.2) is 14.2 Å². The summed E-state index contributed by atoms with van der Waals surface area (Å²) in [4.78, 5) is 2.68. The number of rotatable bonds is 6. The summed E-state index contributed by atoms with van der Waals surface area (Å²) in [6, 6.07) is 32.3. The van der Waals surface area contributed by atoms with Crippen LogP contribution in [0.3, 0.4) is 0 Å². The molecule has 1 aliphatic rings. The molecule has 0 aromatic heterocycles. The zero-order chi connectivity index (χ0) is 21.9. The molecule has 0 radical (unpaired) electrons. The fourth-order valence-electron chi connectivity index (χ4n) is 4.26. The molecule has 0 fully saturated rings. The highest BCUT2D eigenvalue weighted by atomic mass is 32.2. The number of benzene rings is 4. The summed E-state index contributed by atoms with van der Waals surface area (Å²) >= 11 is 1.86. The molecule has 4 aromatic rings. The highest BCUT2D eigenvalue weighted by Crippen LogP contribution is 2.48. The van der Waals surface area contributed by atoms with Gasteiger partial charge in [0.25, 0.3) is 0 Å². The Morgan fingerprint density at radius 1 is 0.719 bits per heavy atom. The smallest absolute Gasteiger partial charge is 0.161 e. The Morgan fingerprint density at radius 2 is 1.34 bits per heavy atom. The lowest BCUT2D eigenvalue weighted by Crippen LogP contribution is -2.10. The van der Waals surface area contributed by atoms with Crippen LogP contribution >= 0.6 is 11.8 Å². The molecule has 5 rings (SSSR count). The third-order valence-electron chi connectivity index (χ3n) is 5.87. The van der Waals surface area contributed by atoms with Gasteiger partial charge in [-0.05, 0) is 58.7 Å². The van der Waals surface area contributed by atoms with Crippen molar-refractivity contribution >= 4 is 17.4 Å². The minimum absolute atomic E-state index is 0.253. The monoisotopic (exact) mass is 439 g/mol. The molecule has 32 heavy (non-hydrogen) atoms. The first kappa shape index (κ1) is 20.5. The molecule has 0 unspecified atom stereocenters. The topological polar surface area (TPSA) is 30.5 Å². The van der Waals surface area contributed by atoms with Gasteiger partial charge in [0.1, 0.15) is 0 Å². The van der Waals surface area contributed by atoms with Crippen LogP contribution in [0.5, 0.6) is 11.5 Å². The van der Waals surface area contributed by atoms with Crippen molar-refractivity contribution in [3.8, 4) is 11.5 Å². The molecule has 4 aromatic carbocycles. The Labute approximate surface area is 193 Å². The zero-order valence-electron chi connectivity index (χ0n) is 18.2. The van der Waals surface area contributed by atoms with E-state index in [1.807, 2.05) is 23.9 Å². The van der Waals surface area contributed by atoms with Gasteiger partial charge in [-0.15, -0.1) is 0 Å². The summed E-state index contributed by atoms with van der Waals surface area (Å²) in [5, 5.41) is 3.52. The number of fused-ring (bicyclic) bond motifs is 2. The van der Waals surface area contributed by atoms with Gasteiger partial charge in [-0.2, -0.15) is 0 Å². The van der Waals surface area contributed by atoms with Crippen molar-refractivity contribution in [1.82, 2.24) is 0 Å². The summed E-state index contributed by atoms with van der Waals surface area (Å²) in [5.74, 6) is 1.74. The largest absolute Gasteiger partial charge is 0.493 e. The second-order valence-corrected chi connectivity index (χ2v) is 8.86. The van der Waals surface area contributed by atoms with Crippen LogP contribution in [0.25, 0.3) is 0 Å². The van der Waals surface area contributed by atoms with Crippen molar-refractivity contribution in [3.63, 3.8) is 0 Å². The van der Waals surface area contributed by atoms with E-state index in [1.165, 1.54) is 26.5 Å². The predicted molar refractivity (Wildman–Crippen MR) is 131 cm³/mol. The molecule has 0 saturated heterocycles. The molecular formula is C28H25NO2S. The third kappa shape index (κ3) is 3.94. The van der Waals surface area contributed by atoms with Crippen LogP contribution < -0.4 is 14.8 Å². The van der Waals surface area contributed by atoms with Gasteiger partial charge in [-0.25, -0.2) is 0 Å². The summed E-state index contributed by atoms with van der Waals surface area (Å²) in [6.45, 7) is 0.714. The second kappa shape index (κ2) is 9.01. The van der Waals surface area contributed by atoms with Crippen LogP contribution in [0, 0.1) is 0 Å². The van der Waals surface area contributed by atoms with Gasteiger partial charge < -0.3 is 14.8 Å². The molecule has 0 spiro atoms. The highest BCUT2D eigenvalue weighted by Gasteiger charge is 2.26. The first-order valence-electron chi connectivity index (χ1n) is 10.7. The van der Waals surface area contributed by atoms with Gasteiger partial charge in [-0.1, -0.05) is 66.4 Å². The van der Waals surface area contributed by atoms with Gasteiger partial charge >= 0.3 is 0 Å². The van der Waals surface area contributed by atoms with Gasteiger partial charge in [0.15, 0.2) is 11.5 Å². The maximum atomic E-state index is 5.41. The van der Waals surface area contributed by atoms with Crippen molar-refractivity contribution in [2.45, 2.75) is 22.3 Å². The van der Waals surface area contributed by atoms with Crippen molar-refractivity contribution in [3.05, 3.63) is 113 Å². The molecule has 1 N–H and O–H groups in total. The standard InChI is InChI=1S/C28H25NO2S/c1-30-24-16-11-19(17-25(24)31-2)18-29-21-14-12-20(13-15-21)28-22-7-3-5-9-26(22)32-27-10-6-4-8-23(27)28/h3-17,28-29H,18H2,1-2H3. The van der Waals surface area contributed by atoms with Gasteiger partial charge in [0.2, 0.25) is 0 Å². The van der Waals surface area contributed by atoms with Crippen LogP contribution in [-0.2, 0) is 6.54 Å². The maximum absolute atomic E-state index is 5.41.